The molecule has 2 amide bonds. The van der Waals surface area contributed by atoms with Crippen LogP contribution in [0.15, 0.2) is 48.5 Å². The molecular formula is C20H25N3O2. The third-order valence-corrected chi connectivity index (χ3v) is 4.09. The van der Waals surface area contributed by atoms with Crippen LogP contribution in [0.5, 0.6) is 0 Å². The van der Waals surface area contributed by atoms with Crippen LogP contribution in [0.1, 0.15) is 25.0 Å². The maximum atomic E-state index is 12.1. The van der Waals surface area contributed by atoms with Gasteiger partial charge >= 0.3 is 11.8 Å². The Morgan fingerprint density at radius 3 is 2.24 bits per heavy atom. The second kappa shape index (κ2) is 8.87. The predicted molar refractivity (Wildman–Crippen MR) is 102 cm³/mol. The molecule has 0 aromatic heterocycles. The summed E-state index contributed by atoms with van der Waals surface area (Å²) in [6.07, 6.45) is 0. The monoisotopic (exact) mass is 339 g/mol. The molecule has 132 valence electrons. The molecule has 5 heteroatoms. The van der Waals surface area contributed by atoms with E-state index in [4.69, 9.17) is 0 Å². The molecule has 0 saturated heterocycles. The van der Waals surface area contributed by atoms with Crippen LogP contribution >= 0.6 is 0 Å². The van der Waals surface area contributed by atoms with Crippen LogP contribution in [-0.2, 0) is 16.1 Å². The summed E-state index contributed by atoms with van der Waals surface area (Å²) in [5, 5.41) is 5.31. The fourth-order valence-electron chi connectivity index (χ4n) is 2.61. The van der Waals surface area contributed by atoms with Crippen LogP contribution in [0.3, 0.4) is 0 Å². The Morgan fingerprint density at radius 2 is 1.64 bits per heavy atom. The van der Waals surface area contributed by atoms with Crippen LogP contribution in [0.25, 0.3) is 0 Å². The Labute approximate surface area is 149 Å². The zero-order valence-corrected chi connectivity index (χ0v) is 15.0. The molecule has 0 bridgehead atoms. The highest BCUT2D eigenvalue weighted by Crippen LogP contribution is 2.22. The number of benzene rings is 2. The fraction of sp³-hybridized carbons (Fsp3) is 0.300. The molecule has 2 rings (SSSR count). The summed E-state index contributed by atoms with van der Waals surface area (Å²) < 4.78 is 0. The minimum absolute atomic E-state index is 0.326. The van der Waals surface area contributed by atoms with E-state index < -0.39 is 11.8 Å². The zero-order chi connectivity index (χ0) is 18.2. The lowest BCUT2D eigenvalue weighted by Crippen LogP contribution is -2.35. The first-order valence-electron chi connectivity index (χ1n) is 8.53. The number of nitrogens with zero attached hydrogens (tertiary/aromatic N) is 1. The van der Waals surface area contributed by atoms with E-state index in [0.717, 1.165) is 29.9 Å². The number of amides is 2. The van der Waals surface area contributed by atoms with Crippen molar-refractivity contribution in [3.05, 3.63) is 59.7 Å². The van der Waals surface area contributed by atoms with Crippen LogP contribution in [-0.4, -0.2) is 24.9 Å². The molecule has 5 nitrogen and oxygen atoms in total. The van der Waals surface area contributed by atoms with Crippen LogP contribution in [0.2, 0.25) is 0 Å². The normalized spacial score (nSPS) is 10.2. The van der Waals surface area contributed by atoms with Gasteiger partial charge in [0, 0.05) is 31.0 Å². The highest BCUT2D eigenvalue weighted by Gasteiger charge is 2.15. The van der Waals surface area contributed by atoms with Crippen molar-refractivity contribution in [2.24, 2.45) is 0 Å². The van der Waals surface area contributed by atoms with Gasteiger partial charge in [-0.25, -0.2) is 0 Å². The van der Waals surface area contributed by atoms with Crippen molar-refractivity contribution in [1.29, 1.82) is 0 Å². The number of aryl methyl sites for hydroxylation is 1. The van der Waals surface area contributed by atoms with E-state index in [0.29, 0.717) is 12.2 Å². The Bertz CT molecular complexity index is 725. The quantitative estimate of drug-likeness (QED) is 0.795. The highest BCUT2D eigenvalue weighted by molar-refractivity contribution is 6.39. The van der Waals surface area contributed by atoms with Crippen molar-refractivity contribution in [2.75, 3.05) is 23.3 Å². The summed E-state index contributed by atoms with van der Waals surface area (Å²) in [6.45, 7) is 8.29. The summed E-state index contributed by atoms with van der Waals surface area (Å²) in [4.78, 5) is 26.3. The van der Waals surface area contributed by atoms with Gasteiger partial charge in [0.05, 0.1) is 0 Å². The molecule has 0 fully saturated rings. The van der Waals surface area contributed by atoms with Crippen molar-refractivity contribution >= 4 is 23.2 Å². The molecule has 2 aromatic carbocycles. The Morgan fingerprint density at radius 1 is 0.960 bits per heavy atom. The first-order chi connectivity index (χ1) is 12.0. The molecule has 0 aliphatic rings. The third-order valence-electron chi connectivity index (χ3n) is 4.09. The molecule has 0 saturated carbocycles. The molecule has 2 N–H and O–H groups in total. The van der Waals surface area contributed by atoms with E-state index in [9.17, 15) is 9.59 Å². The topological polar surface area (TPSA) is 61.4 Å². The number of rotatable bonds is 6. The van der Waals surface area contributed by atoms with Gasteiger partial charge in [0.1, 0.15) is 0 Å². The number of hydrogen-bond donors (Lipinski definition) is 2. The first-order valence-corrected chi connectivity index (χ1v) is 8.53. The lowest BCUT2D eigenvalue weighted by atomic mass is 10.1. The van der Waals surface area contributed by atoms with Crippen molar-refractivity contribution in [1.82, 2.24) is 5.32 Å². The maximum absolute atomic E-state index is 12.1. The van der Waals surface area contributed by atoms with Gasteiger partial charge in [-0.3, -0.25) is 9.59 Å². The van der Waals surface area contributed by atoms with Gasteiger partial charge in [-0.05, 0) is 50.1 Å². The smallest absolute Gasteiger partial charge is 0.313 e. The summed E-state index contributed by atoms with van der Waals surface area (Å²) >= 11 is 0. The van der Waals surface area contributed by atoms with Crippen molar-refractivity contribution < 1.29 is 9.59 Å². The standard InChI is InChI=1S/C20H25N3O2/c1-4-23(5-2)17-11-12-18(15(3)13-17)22-20(25)19(24)21-14-16-9-7-6-8-10-16/h6-13H,4-5,14H2,1-3H3,(H,21,24)(H,22,25). The fourth-order valence-corrected chi connectivity index (χ4v) is 2.61. The minimum atomic E-state index is -0.658. The molecule has 0 aliphatic heterocycles. The van der Waals surface area contributed by atoms with E-state index >= 15 is 0 Å². The summed E-state index contributed by atoms with van der Waals surface area (Å²) in [7, 11) is 0. The molecular weight excluding hydrogens is 314 g/mol. The van der Waals surface area contributed by atoms with Crippen molar-refractivity contribution in [3.8, 4) is 0 Å². The van der Waals surface area contributed by atoms with Gasteiger partial charge in [-0.1, -0.05) is 30.3 Å². The first kappa shape index (κ1) is 18.5. The second-order valence-electron chi connectivity index (χ2n) is 5.79. The zero-order valence-electron chi connectivity index (χ0n) is 15.0. The van der Waals surface area contributed by atoms with Crippen molar-refractivity contribution in [3.63, 3.8) is 0 Å². The van der Waals surface area contributed by atoms with Crippen molar-refractivity contribution in [2.45, 2.75) is 27.3 Å². The van der Waals surface area contributed by atoms with E-state index in [-0.39, 0.29) is 0 Å². The summed E-state index contributed by atoms with van der Waals surface area (Å²) in [5.41, 5.74) is 3.63. The van der Waals surface area contributed by atoms with Gasteiger partial charge in [0.25, 0.3) is 0 Å². The third kappa shape index (κ3) is 5.08. The van der Waals surface area contributed by atoms with E-state index in [1.54, 1.807) is 0 Å². The molecule has 2 aromatic rings. The van der Waals surface area contributed by atoms with Crippen LogP contribution < -0.4 is 15.5 Å². The van der Waals surface area contributed by atoms with Crippen LogP contribution in [0, 0.1) is 6.92 Å². The van der Waals surface area contributed by atoms with Gasteiger partial charge < -0.3 is 15.5 Å². The number of carbonyl (C=O) groups is 2. The molecule has 0 unspecified atom stereocenters. The number of anilines is 2. The van der Waals surface area contributed by atoms with Gasteiger partial charge in [0.2, 0.25) is 0 Å². The lowest BCUT2D eigenvalue weighted by Gasteiger charge is -2.22. The van der Waals surface area contributed by atoms with E-state index in [1.807, 2.05) is 55.5 Å². The van der Waals surface area contributed by atoms with Gasteiger partial charge in [-0.2, -0.15) is 0 Å². The second-order valence-corrected chi connectivity index (χ2v) is 5.79. The predicted octanol–water partition coefficient (Wildman–Crippen LogP) is 3.10. The average Bonchev–Trinajstić information content (AvgIpc) is 2.63. The Balaban J connectivity index is 1.96. The van der Waals surface area contributed by atoms with E-state index in [1.165, 1.54) is 0 Å². The molecule has 0 radical (unpaired) electrons. The number of nitrogens with one attached hydrogen (secondary N) is 2. The average molecular weight is 339 g/mol. The molecule has 0 heterocycles. The Hall–Kier alpha value is -2.82. The number of hydrogen-bond acceptors (Lipinski definition) is 3. The molecule has 0 atom stereocenters. The molecule has 0 aliphatic carbocycles. The Kier molecular flexibility index (Phi) is 6.57. The summed E-state index contributed by atoms with van der Waals surface area (Å²) in [5.74, 6) is -1.30. The molecule has 25 heavy (non-hydrogen) atoms. The maximum Gasteiger partial charge on any atom is 0.313 e. The molecule has 0 spiro atoms. The van der Waals surface area contributed by atoms with Gasteiger partial charge in [0.15, 0.2) is 0 Å². The lowest BCUT2D eigenvalue weighted by molar-refractivity contribution is -0.136. The van der Waals surface area contributed by atoms with E-state index in [2.05, 4.69) is 29.4 Å². The minimum Gasteiger partial charge on any atom is -0.372 e. The number of carbonyl (C=O) groups excluding carboxylic acids is 2. The highest BCUT2D eigenvalue weighted by atomic mass is 16.2. The summed E-state index contributed by atoms with van der Waals surface area (Å²) in [6, 6.07) is 15.3. The largest absolute Gasteiger partial charge is 0.372 e. The SMILES string of the molecule is CCN(CC)c1ccc(NC(=O)C(=O)NCc2ccccc2)c(C)c1. The van der Waals surface area contributed by atoms with Gasteiger partial charge in [-0.15, -0.1) is 0 Å². The van der Waals surface area contributed by atoms with Crippen LogP contribution in [0.4, 0.5) is 11.4 Å².